The first-order valence-corrected chi connectivity index (χ1v) is 8.29. The molecule has 6 heteroatoms. The Labute approximate surface area is 156 Å². The molecule has 3 N–H and O–H groups in total. The summed E-state index contributed by atoms with van der Waals surface area (Å²) in [4.78, 5) is 24.1. The van der Waals surface area contributed by atoms with E-state index in [1.807, 2.05) is 24.3 Å². The predicted molar refractivity (Wildman–Crippen MR) is 103 cm³/mol. The second-order valence-electron chi connectivity index (χ2n) is 5.70. The molecule has 2 amide bonds. The van der Waals surface area contributed by atoms with Crippen LogP contribution in [0.4, 0.5) is 11.4 Å². The number of phenols is 1. The number of hydrogen-bond acceptors (Lipinski definition) is 4. The normalized spacial score (nSPS) is 10.1. The van der Waals surface area contributed by atoms with Gasteiger partial charge in [0.1, 0.15) is 11.5 Å². The molecule has 136 valence electrons. The van der Waals surface area contributed by atoms with Crippen LogP contribution in [0.1, 0.15) is 10.4 Å². The minimum Gasteiger partial charge on any atom is -0.506 e. The minimum atomic E-state index is -0.362. The fourth-order valence-corrected chi connectivity index (χ4v) is 2.36. The van der Waals surface area contributed by atoms with Crippen molar-refractivity contribution in [2.45, 2.75) is 0 Å². The van der Waals surface area contributed by atoms with Crippen LogP contribution in [0.2, 0.25) is 0 Å². The third kappa shape index (κ3) is 5.09. The Bertz CT molecular complexity index is 927. The number of hydrogen-bond donors (Lipinski definition) is 3. The second-order valence-corrected chi connectivity index (χ2v) is 5.70. The van der Waals surface area contributed by atoms with Gasteiger partial charge >= 0.3 is 0 Å². The van der Waals surface area contributed by atoms with E-state index in [-0.39, 0.29) is 29.9 Å². The summed E-state index contributed by atoms with van der Waals surface area (Å²) in [5.41, 5.74) is 1.13. The number of ether oxygens (including phenoxy) is 1. The van der Waals surface area contributed by atoms with Crippen molar-refractivity contribution in [1.29, 1.82) is 0 Å². The zero-order chi connectivity index (χ0) is 19.1. The highest BCUT2D eigenvalue weighted by atomic mass is 16.5. The average Bonchev–Trinajstić information content (AvgIpc) is 2.70. The standard InChI is InChI=1S/C21H18N2O4/c24-19-13-16(22-20(25)14-27-17-9-5-2-6-10-17)11-12-18(19)23-21(26)15-7-3-1-4-8-15/h1-13,24H,14H2,(H,22,25)(H,23,26). The Balaban J connectivity index is 1.57. The number of para-hydroxylation sites is 1. The molecule has 27 heavy (non-hydrogen) atoms. The number of rotatable bonds is 6. The second kappa shape index (κ2) is 8.53. The number of carbonyl (C=O) groups is 2. The smallest absolute Gasteiger partial charge is 0.262 e. The highest BCUT2D eigenvalue weighted by Crippen LogP contribution is 2.27. The van der Waals surface area contributed by atoms with Crippen molar-refractivity contribution >= 4 is 23.2 Å². The first kappa shape index (κ1) is 18.0. The van der Waals surface area contributed by atoms with Gasteiger partial charge in [0.2, 0.25) is 0 Å². The van der Waals surface area contributed by atoms with Gasteiger partial charge in [-0.2, -0.15) is 0 Å². The van der Waals surface area contributed by atoms with Gasteiger partial charge in [-0.15, -0.1) is 0 Å². The van der Waals surface area contributed by atoms with E-state index in [1.54, 1.807) is 42.5 Å². The molecule has 0 heterocycles. The number of aromatic hydroxyl groups is 1. The van der Waals surface area contributed by atoms with Crippen molar-refractivity contribution in [1.82, 2.24) is 0 Å². The van der Waals surface area contributed by atoms with E-state index < -0.39 is 0 Å². The molecule has 0 bridgehead atoms. The van der Waals surface area contributed by atoms with Crippen LogP contribution >= 0.6 is 0 Å². The molecule has 3 aromatic carbocycles. The van der Waals surface area contributed by atoms with Crippen molar-refractivity contribution in [3.05, 3.63) is 84.4 Å². The maximum Gasteiger partial charge on any atom is 0.262 e. The van der Waals surface area contributed by atoms with E-state index in [4.69, 9.17) is 4.74 Å². The lowest BCUT2D eigenvalue weighted by atomic mass is 10.2. The van der Waals surface area contributed by atoms with Gasteiger partial charge in [0, 0.05) is 17.3 Å². The lowest BCUT2D eigenvalue weighted by molar-refractivity contribution is -0.118. The molecule has 0 aliphatic carbocycles. The highest BCUT2D eigenvalue weighted by Gasteiger charge is 2.10. The van der Waals surface area contributed by atoms with Crippen LogP contribution in [0, 0.1) is 0 Å². The minimum absolute atomic E-state index is 0.152. The van der Waals surface area contributed by atoms with Crippen molar-refractivity contribution in [3.8, 4) is 11.5 Å². The zero-order valence-electron chi connectivity index (χ0n) is 14.4. The quantitative estimate of drug-likeness (QED) is 0.584. The molecule has 0 spiro atoms. The largest absolute Gasteiger partial charge is 0.506 e. The summed E-state index contributed by atoms with van der Waals surface area (Å²) >= 11 is 0. The van der Waals surface area contributed by atoms with E-state index in [1.165, 1.54) is 12.1 Å². The number of anilines is 2. The average molecular weight is 362 g/mol. The van der Waals surface area contributed by atoms with Gasteiger partial charge in [-0.1, -0.05) is 36.4 Å². The topological polar surface area (TPSA) is 87.7 Å². The summed E-state index contributed by atoms with van der Waals surface area (Å²) in [6.07, 6.45) is 0. The molecule has 0 unspecified atom stereocenters. The van der Waals surface area contributed by atoms with Crippen molar-refractivity contribution in [2.24, 2.45) is 0 Å². The monoisotopic (exact) mass is 362 g/mol. The molecular weight excluding hydrogens is 344 g/mol. The molecule has 0 saturated carbocycles. The van der Waals surface area contributed by atoms with Gasteiger partial charge in [-0.05, 0) is 36.4 Å². The first-order valence-electron chi connectivity index (χ1n) is 8.29. The highest BCUT2D eigenvalue weighted by molar-refractivity contribution is 6.05. The fraction of sp³-hybridized carbons (Fsp3) is 0.0476. The van der Waals surface area contributed by atoms with E-state index in [2.05, 4.69) is 10.6 Å². The molecule has 0 aliphatic heterocycles. The molecule has 0 atom stereocenters. The van der Waals surface area contributed by atoms with Crippen molar-refractivity contribution in [2.75, 3.05) is 17.2 Å². The summed E-state index contributed by atoms with van der Waals surface area (Å²) in [5, 5.41) is 15.4. The Hall–Kier alpha value is -3.80. The molecule has 0 saturated heterocycles. The van der Waals surface area contributed by atoms with Gasteiger partial charge < -0.3 is 20.5 Å². The molecule has 6 nitrogen and oxygen atoms in total. The van der Waals surface area contributed by atoms with Gasteiger partial charge in [0.05, 0.1) is 5.69 Å². The lowest BCUT2D eigenvalue weighted by Gasteiger charge is -2.11. The number of benzene rings is 3. The molecule has 0 aromatic heterocycles. The van der Waals surface area contributed by atoms with E-state index in [9.17, 15) is 14.7 Å². The summed E-state index contributed by atoms with van der Waals surface area (Å²) in [5.74, 6) is -0.256. The SMILES string of the molecule is O=C(COc1ccccc1)Nc1ccc(NC(=O)c2ccccc2)c(O)c1. The van der Waals surface area contributed by atoms with Crippen LogP contribution in [0.15, 0.2) is 78.9 Å². The number of nitrogens with one attached hydrogen (secondary N) is 2. The Kier molecular flexibility index (Phi) is 5.69. The third-order valence-electron chi connectivity index (χ3n) is 3.68. The first-order chi connectivity index (χ1) is 13.1. The summed E-state index contributed by atoms with van der Waals surface area (Å²) in [6.45, 7) is -0.155. The Morgan fingerprint density at radius 2 is 1.52 bits per heavy atom. The Morgan fingerprint density at radius 3 is 2.19 bits per heavy atom. The van der Waals surface area contributed by atoms with Gasteiger partial charge in [0.15, 0.2) is 6.61 Å². The van der Waals surface area contributed by atoms with Crippen LogP contribution in [0.5, 0.6) is 11.5 Å². The third-order valence-corrected chi connectivity index (χ3v) is 3.68. The molecule has 3 aromatic rings. The van der Waals surface area contributed by atoms with Crippen molar-refractivity contribution < 1.29 is 19.4 Å². The van der Waals surface area contributed by atoms with Gasteiger partial charge in [-0.25, -0.2) is 0 Å². The molecule has 0 radical (unpaired) electrons. The lowest BCUT2D eigenvalue weighted by Crippen LogP contribution is -2.20. The van der Waals surface area contributed by atoms with Crippen LogP contribution in [-0.2, 0) is 4.79 Å². The van der Waals surface area contributed by atoms with Crippen LogP contribution in [-0.4, -0.2) is 23.5 Å². The van der Waals surface area contributed by atoms with Crippen LogP contribution < -0.4 is 15.4 Å². The maximum atomic E-state index is 12.1. The molecular formula is C21H18N2O4. The van der Waals surface area contributed by atoms with Crippen molar-refractivity contribution in [3.63, 3.8) is 0 Å². The number of phenolic OH excluding ortho intramolecular Hbond substituents is 1. The number of amides is 2. The van der Waals surface area contributed by atoms with E-state index in [0.717, 1.165) is 0 Å². The predicted octanol–water partition coefficient (Wildman–Crippen LogP) is 3.66. The van der Waals surface area contributed by atoms with Crippen LogP contribution in [0.3, 0.4) is 0 Å². The molecule has 0 fully saturated rings. The summed E-state index contributed by atoms with van der Waals surface area (Å²) in [7, 11) is 0. The molecule has 3 rings (SSSR count). The Morgan fingerprint density at radius 1 is 0.852 bits per heavy atom. The van der Waals surface area contributed by atoms with Crippen LogP contribution in [0.25, 0.3) is 0 Å². The van der Waals surface area contributed by atoms with Gasteiger partial charge in [0.25, 0.3) is 11.8 Å². The summed E-state index contributed by atoms with van der Waals surface area (Å²) in [6, 6.07) is 22.1. The van der Waals surface area contributed by atoms with Gasteiger partial charge in [-0.3, -0.25) is 9.59 Å². The molecule has 0 aliphatic rings. The van der Waals surface area contributed by atoms with E-state index in [0.29, 0.717) is 17.0 Å². The van der Waals surface area contributed by atoms with E-state index >= 15 is 0 Å². The summed E-state index contributed by atoms with van der Waals surface area (Å²) < 4.78 is 5.36. The zero-order valence-corrected chi connectivity index (χ0v) is 14.4. The number of carbonyl (C=O) groups excluding carboxylic acids is 2. The fourth-order valence-electron chi connectivity index (χ4n) is 2.36. The maximum absolute atomic E-state index is 12.1.